The molecule has 0 spiro atoms. The van der Waals surface area contributed by atoms with Gasteiger partial charge in [0.15, 0.2) is 0 Å². The Labute approximate surface area is 191 Å². The zero-order valence-electron chi connectivity index (χ0n) is 18.1. The van der Waals surface area contributed by atoms with E-state index in [-0.39, 0.29) is 30.1 Å². The van der Waals surface area contributed by atoms with Gasteiger partial charge in [-0.05, 0) is 30.3 Å². The number of carbonyl (C=O) groups excluding carboxylic acids is 3. The van der Waals surface area contributed by atoms with E-state index in [1.54, 1.807) is 33.2 Å². The Kier molecular flexibility index (Phi) is 5.60. The van der Waals surface area contributed by atoms with Gasteiger partial charge in [0, 0.05) is 62.8 Å². The zero-order valence-corrected chi connectivity index (χ0v) is 18.1. The van der Waals surface area contributed by atoms with Crippen molar-refractivity contribution >= 4 is 23.4 Å². The molecule has 2 fully saturated rings. The van der Waals surface area contributed by atoms with E-state index in [1.807, 2.05) is 42.5 Å². The molecule has 2 aromatic heterocycles. The van der Waals surface area contributed by atoms with Crippen LogP contribution in [0.4, 0.5) is 5.69 Å². The third-order valence-corrected chi connectivity index (χ3v) is 6.19. The van der Waals surface area contributed by atoms with Crippen LogP contribution in [0, 0.1) is 5.92 Å². The second-order valence-corrected chi connectivity index (χ2v) is 8.27. The van der Waals surface area contributed by atoms with Crippen molar-refractivity contribution in [2.75, 3.05) is 37.6 Å². The second-order valence-electron chi connectivity index (χ2n) is 8.27. The molecule has 0 aliphatic carbocycles. The molecule has 2 aliphatic rings. The van der Waals surface area contributed by atoms with E-state index in [2.05, 4.69) is 15.2 Å². The van der Waals surface area contributed by atoms with Gasteiger partial charge in [0.05, 0.1) is 11.6 Å². The van der Waals surface area contributed by atoms with Crippen LogP contribution in [0.5, 0.6) is 0 Å². The van der Waals surface area contributed by atoms with E-state index in [1.165, 1.54) is 0 Å². The number of rotatable bonds is 4. The minimum Gasteiger partial charge on any atom is -0.339 e. The van der Waals surface area contributed by atoms with E-state index in [4.69, 9.17) is 0 Å². The van der Waals surface area contributed by atoms with Crippen LogP contribution in [0.25, 0.3) is 11.3 Å². The van der Waals surface area contributed by atoms with Gasteiger partial charge >= 0.3 is 0 Å². The fraction of sp³-hybridized carbons (Fsp3) is 0.292. The first kappa shape index (κ1) is 20.9. The van der Waals surface area contributed by atoms with Crippen molar-refractivity contribution < 1.29 is 14.4 Å². The van der Waals surface area contributed by atoms with Crippen molar-refractivity contribution in [3.05, 3.63) is 66.6 Å². The number of nitrogens with zero attached hydrogens (tertiary/aromatic N) is 5. The highest BCUT2D eigenvalue weighted by molar-refractivity contribution is 6.00. The molecule has 0 saturated carbocycles. The number of H-pyrrole nitrogens is 1. The summed E-state index contributed by atoms with van der Waals surface area (Å²) in [6, 6.07) is 14.8. The Morgan fingerprint density at radius 1 is 0.970 bits per heavy atom. The maximum absolute atomic E-state index is 13.1. The average molecular weight is 444 g/mol. The Hall–Kier alpha value is -4.01. The first-order valence-corrected chi connectivity index (χ1v) is 11.0. The van der Waals surface area contributed by atoms with Crippen LogP contribution >= 0.6 is 0 Å². The first-order valence-electron chi connectivity index (χ1n) is 11.0. The minimum absolute atomic E-state index is 0.0192. The lowest BCUT2D eigenvalue weighted by Crippen LogP contribution is -2.52. The number of aromatic nitrogens is 3. The maximum Gasteiger partial charge on any atom is 0.272 e. The molecule has 0 unspecified atom stereocenters. The number of aromatic amines is 1. The number of hydrogen-bond donors (Lipinski definition) is 1. The Balaban J connectivity index is 1.17. The van der Waals surface area contributed by atoms with E-state index >= 15 is 0 Å². The minimum atomic E-state index is -0.352. The summed E-state index contributed by atoms with van der Waals surface area (Å²) in [6.45, 7) is 2.17. The number of piperazine rings is 1. The Morgan fingerprint density at radius 2 is 1.73 bits per heavy atom. The van der Waals surface area contributed by atoms with Gasteiger partial charge in [-0.1, -0.05) is 18.2 Å². The van der Waals surface area contributed by atoms with Crippen LogP contribution in [-0.2, 0) is 9.59 Å². The Morgan fingerprint density at radius 3 is 2.45 bits per heavy atom. The summed E-state index contributed by atoms with van der Waals surface area (Å²) >= 11 is 0. The molecule has 0 bridgehead atoms. The molecular formula is C24H24N6O3. The molecule has 1 atom stereocenters. The number of amides is 3. The zero-order chi connectivity index (χ0) is 22.8. The van der Waals surface area contributed by atoms with Gasteiger partial charge in [-0.2, -0.15) is 5.10 Å². The monoisotopic (exact) mass is 444 g/mol. The van der Waals surface area contributed by atoms with Gasteiger partial charge in [0.1, 0.15) is 5.69 Å². The number of nitrogens with one attached hydrogen (secondary N) is 1. The topological polar surface area (TPSA) is 102 Å². The van der Waals surface area contributed by atoms with Crippen LogP contribution in [0.3, 0.4) is 0 Å². The summed E-state index contributed by atoms with van der Waals surface area (Å²) in [5, 5.41) is 7.04. The van der Waals surface area contributed by atoms with Crippen molar-refractivity contribution in [3.8, 4) is 11.3 Å². The summed E-state index contributed by atoms with van der Waals surface area (Å²) in [6.07, 6.45) is 3.60. The predicted molar refractivity (Wildman–Crippen MR) is 121 cm³/mol. The molecule has 1 N–H and O–H groups in total. The van der Waals surface area contributed by atoms with Gasteiger partial charge in [-0.3, -0.25) is 24.5 Å². The predicted octanol–water partition coefficient (Wildman–Crippen LogP) is 1.81. The van der Waals surface area contributed by atoms with Gasteiger partial charge in [0.25, 0.3) is 5.91 Å². The number of para-hydroxylation sites is 1. The van der Waals surface area contributed by atoms with Crippen molar-refractivity contribution in [3.63, 3.8) is 0 Å². The Bertz CT molecular complexity index is 1160. The summed E-state index contributed by atoms with van der Waals surface area (Å²) in [5.74, 6) is -0.544. The summed E-state index contributed by atoms with van der Waals surface area (Å²) in [7, 11) is 0. The molecular weight excluding hydrogens is 420 g/mol. The smallest absolute Gasteiger partial charge is 0.272 e. The SMILES string of the molecule is O=C(c1cc(-c2cccnc2)n[nH]1)N1CCN(C(=O)[C@@H]2CC(=O)N(c3ccccc3)C2)CC1. The van der Waals surface area contributed by atoms with Crippen LogP contribution in [-0.4, -0.2) is 75.4 Å². The van der Waals surface area contributed by atoms with Gasteiger partial charge < -0.3 is 14.7 Å². The highest BCUT2D eigenvalue weighted by Crippen LogP contribution is 2.26. The lowest BCUT2D eigenvalue weighted by Gasteiger charge is -2.35. The quantitative estimate of drug-likeness (QED) is 0.661. The van der Waals surface area contributed by atoms with Gasteiger partial charge in [-0.25, -0.2) is 0 Å². The standard InChI is InChI=1S/C24H24N6O3/c31-22-13-18(16-30(22)19-6-2-1-3-7-19)23(32)28-9-11-29(12-10-28)24(33)21-14-20(26-27-21)17-5-4-8-25-15-17/h1-8,14-15,18H,9-13,16H2,(H,26,27)/t18-/m1/s1. The number of benzene rings is 1. The number of anilines is 1. The van der Waals surface area contributed by atoms with Gasteiger partial charge in [-0.15, -0.1) is 0 Å². The van der Waals surface area contributed by atoms with E-state index < -0.39 is 0 Å². The lowest BCUT2D eigenvalue weighted by molar-refractivity contribution is -0.137. The highest BCUT2D eigenvalue weighted by Gasteiger charge is 2.38. The molecule has 0 radical (unpaired) electrons. The van der Waals surface area contributed by atoms with E-state index in [0.29, 0.717) is 44.1 Å². The summed E-state index contributed by atoms with van der Waals surface area (Å²) in [4.78, 5) is 47.7. The number of hydrogen-bond acceptors (Lipinski definition) is 5. The molecule has 4 heterocycles. The molecule has 2 aliphatic heterocycles. The molecule has 3 amide bonds. The molecule has 168 valence electrons. The number of pyridine rings is 1. The maximum atomic E-state index is 13.1. The molecule has 33 heavy (non-hydrogen) atoms. The van der Waals surface area contributed by atoms with Crippen LogP contribution in [0.15, 0.2) is 60.9 Å². The number of carbonyl (C=O) groups is 3. The average Bonchev–Trinajstić information content (AvgIpc) is 3.52. The molecule has 1 aromatic carbocycles. The fourth-order valence-electron chi connectivity index (χ4n) is 4.38. The third-order valence-electron chi connectivity index (χ3n) is 6.19. The molecule has 3 aromatic rings. The molecule has 9 nitrogen and oxygen atoms in total. The summed E-state index contributed by atoms with van der Waals surface area (Å²) < 4.78 is 0. The first-order chi connectivity index (χ1) is 16.1. The van der Waals surface area contributed by atoms with Crippen molar-refractivity contribution in [2.45, 2.75) is 6.42 Å². The third kappa shape index (κ3) is 4.21. The summed E-state index contributed by atoms with van der Waals surface area (Å²) in [5.41, 5.74) is 2.72. The van der Waals surface area contributed by atoms with Crippen molar-refractivity contribution in [2.24, 2.45) is 5.92 Å². The van der Waals surface area contributed by atoms with Crippen LogP contribution < -0.4 is 4.90 Å². The van der Waals surface area contributed by atoms with E-state index in [9.17, 15) is 14.4 Å². The molecule has 9 heteroatoms. The molecule has 5 rings (SSSR count). The van der Waals surface area contributed by atoms with Crippen LogP contribution in [0.2, 0.25) is 0 Å². The molecule has 2 saturated heterocycles. The van der Waals surface area contributed by atoms with Gasteiger partial charge in [0.2, 0.25) is 11.8 Å². The fourth-order valence-corrected chi connectivity index (χ4v) is 4.38. The second kappa shape index (κ2) is 8.85. The lowest BCUT2D eigenvalue weighted by atomic mass is 10.1. The van der Waals surface area contributed by atoms with Crippen LogP contribution in [0.1, 0.15) is 16.9 Å². The largest absolute Gasteiger partial charge is 0.339 e. The van der Waals surface area contributed by atoms with Crippen molar-refractivity contribution in [1.82, 2.24) is 25.0 Å². The highest BCUT2D eigenvalue weighted by atomic mass is 16.2. The normalized spacial score (nSPS) is 18.6. The van der Waals surface area contributed by atoms with E-state index in [0.717, 1.165) is 11.3 Å². The van der Waals surface area contributed by atoms with Crippen molar-refractivity contribution in [1.29, 1.82) is 0 Å².